The molecule has 0 saturated heterocycles. The quantitative estimate of drug-likeness (QED) is 0.766. The third kappa shape index (κ3) is 2.56. The van der Waals surface area contributed by atoms with Crippen LogP contribution in [-0.4, -0.2) is 7.05 Å². The average molecular weight is 192 g/mol. The van der Waals surface area contributed by atoms with Crippen molar-refractivity contribution < 1.29 is 0 Å². The Morgan fingerprint density at radius 2 is 1.79 bits per heavy atom. The Morgan fingerprint density at radius 1 is 1.21 bits per heavy atom. The predicted molar refractivity (Wildman–Crippen MR) is 61.0 cm³/mol. The van der Waals surface area contributed by atoms with Crippen LogP contribution in [-0.2, 0) is 6.54 Å². The lowest BCUT2D eigenvalue weighted by Gasteiger charge is -2.20. The van der Waals surface area contributed by atoms with Gasteiger partial charge in [0, 0.05) is 12.6 Å². The molecule has 0 amide bonds. The van der Waals surface area contributed by atoms with Crippen LogP contribution in [0.15, 0.2) is 24.3 Å². The van der Waals surface area contributed by atoms with E-state index in [2.05, 4.69) is 43.4 Å². The average Bonchev–Trinajstić information content (AvgIpc) is 2.19. The molecule has 0 heterocycles. The molecule has 1 aromatic rings. The molecule has 0 aliphatic rings. The van der Waals surface area contributed by atoms with Crippen LogP contribution in [0, 0.1) is 5.92 Å². The maximum Gasteiger partial charge on any atom is 0.0340 e. The Hall–Kier alpha value is -0.860. The van der Waals surface area contributed by atoms with Crippen molar-refractivity contribution in [1.29, 1.82) is 0 Å². The standard InChI is InChI=1S/C12H20N2/c1-9(2)12(14-3)11-6-4-10(8-13)5-7-11/h4-7,9,12,14H,8,13H2,1-3H3. The fourth-order valence-corrected chi connectivity index (χ4v) is 1.75. The highest BCUT2D eigenvalue weighted by Crippen LogP contribution is 2.21. The van der Waals surface area contributed by atoms with Crippen LogP contribution >= 0.6 is 0 Å². The third-order valence-electron chi connectivity index (χ3n) is 2.55. The lowest BCUT2D eigenvalue weighted by atomic mass is 9.95. The minimum atomic E-state index is 0.432. The van der Waals surface area contributed by atoms with Crippen molar-refractivity contribution in [2.45, 2.75) is 26.4 Å². The SMILES string of the molecule is CNC(c1ccc(CN)cc1)C(C)C. The van der Waals surface area contributed by atoms with Gasteiger partial charge in [0.2, 0.25) is 0 Å². The summed E-state index contributed by atoms with van der Waals surface area (Å²) in [6.07, 6.45) is 0. The van der Waals surface area contributed by atoms with Crippen LogP contribution in [0.1, 0.15) is 31.0 Å². The van der Waals surface area contributed by atoms with Crippen LogP contribution in [0.25, 0.3) is 0 Å². The molecular weight excluding hydrogens is 172 g/mol. The Kier molecular flexibility index (Phi) is 4.11. The highest BCUT2D eigenvalue weighted by molar-refractivity contribution is 5.25. The van der Waals surface area contributed by atoms with Crippen molar-refractivity contribution in [3.05, 3.63) is 35.4 Å². The summed E-state index contributed by atoms with van der Waals surface area (Å²) < 4.78 is 0. The summed E-state index contributed by atoms with van der Waals surface area (Å²) >= 11 is 0. The minimum absolute atomic E-state index is 0.432. The van der Waals surface area contributed by atoms with Gasteiger partial charge in [-0.15, -0.1) is 0 Å². The predicted octanol–water partition coefficient (Wildman–Crippen LogP) is 2.06. The summed E-state index contributed by atoms with van der Waals surface area (Å²) in [6, 6.07) is 8.94. The molecule has 1 aromatic carbocycles. The van der Waals surface area contributed by atoms with Crippen molar-refractivity contribution in [2.24, 2.45) is 11.7 Å². The van der Waals surface area contributed by atoms with E-state index in [4.69, 9.17) is 5.73 Å². The van der Waals surface area contributed by atoms with Crippen molar-refractivity contribution in [2.75, 3.05) is 7.05 Å². The zero-order valence-electron chi connectivity index (χ0n) is 9.25. The molecule has 0 saturated carbocycles. The largest absolute Gasteiger partial charge is 0.326 e. The zero-order chi connectivity index (χ0) is 10.6. The molecular formula is C12H20N2. The molecule has 78 valence electrons. The van der Waals surface area contributed by atoms with Crippen LogP contribution in [0.5, 0.6) is 0 Å². The summed E-state index contributed by atoms with van der Waals surface area (Å²) in [5, 5.41) is 3.32. The molecule has 0 spiro atoms. The summed E-state index contributed by atoms with van der Waals surface area (Å²) in [4.78, 5) is 0. The van der Waals surface area contributed by atoms with Gasteiger partial charge in [-0.2, -0.15) is 0 Å². The second kappa shape index (κ2) is 5.13. The normalized spacial score (nSPS) is 13.2. The molecule has 2 heteroatoms. The van der Waals surface area contributed by atoms with Crippen molar-refractivity contribution >= 4 is 0 Å². The lowest BCUT2D eigenvalue weighted by Crippen LogP contribution is -2.21. The molecule has 2 nitrogen and oxygen atoms in total. The van der Waals surface area contributed by atoms with Gasteiger partial charge in [-0.3, -0.25) is 0 Å². The second-order valence-corrected chi connectivity index (χ2v) is 3.96. The highest BCUT2D eigenvalue weighted by Gasteiger charge is 2.12. The van der Waals surface area contributed by atoms with E-state index in [9.17, 15) is 0 Å². The molecule has 1 unspecified atom stereocenters. The second-order valence-electron chi connectivity index (χ2n) is 3.96. The summed E-state index contributed by atoms with van der Waals surface area (Å²) in [5.41, 5.74) is 8.07. The van der Waals surface area contributed by atoms with Gasteiger partial charge in [0.05, 0.1) is 0 Å². The van der Waals surface area contributed by atoms with Gasteiger partial charge >= 0.3 is 0 Å². The number of hydrogen-bond acceptors (Lipinski definition) is 2. The van der Waals surface area contributed by atoms with E-state index in [0.29, 0.717) is 18.5 Å². The maximum atomic E-state index is 5.55. The highest BCUT2D eigenvalue weighted by atomic mass is 14.9. The fourth-order valence-electron chi connectivity index (χ4n) is 1.75. The van der Waals surface area contributed by atoms with Crippen LogP contribution < -0.4 is 11.1 Å². The van der Waals surface area contributed by atoms with E-state index in [-0.39, 0.29) is 0 Å². The molecule has 3 N–H and O–H groups in total. The van der Waals surface area contributed by atoms with Crippen LogP contribution in [0.4, 0.5) is 0 Å². The van der Waals surface area contributed by atoms with E-state index < -0.39 is 0 Å². The van der Waals surface area contributed by atoms with Crippen molar-refractivity contribution in [3.8, 4) is 0 Å². The molecule has 0 fully saturated rings. The van der Waals surface area contributed by atoms with Crippen LogP contribution in [0.2, 0.25) is 0 Å². The van der Waals surface area contributed by atoms with Gasteiger partial charge < -0.3 is 11.1 Å². The Bertz CT molecular complexity index is 264. The third-order valence-corrected chi connectivity index (χ3v) is 2.55. The molecule has 1 atom stereocenters. The molecule has 0 bridgehead atoms. The summed E-state index contributed by atoms with van der Waals surface area (Å²) in [5.74, 6) is 0.601. The van der Waals surface area contributed by atoms with Gasteiger partial charge in [0.1, 0.15) is 0 Å². The first-order valence-electron chi connectivity index (χ1n) is 5.15. The lowest BCUT2D eigenvalue weighted by molar-refractivity contribution is 0.443. The Morgan fingerprint density at radius 3 is 2.14 bits per heavy atom. The summed E-state index contributed by atoms with van der Waals surface area (Å²) in [7, 11) is 2.00. The molecule has 0 aliphatic carbocycles. The molecule has 0 aliphatic heterocycles. The number of rotatable bonds is 4. The first-order valence-corrected chi connectivity index (χ1v) is 5.15. The van der Waals surface area contributed by atoms with E-state index in [1.165, 1.54) is 11.1 Å². The number of nitrogens with one attached hydrogen (secondary N) is 1. The fraction of sp³-hybridized carbons (Fsp3) is 0.500. The van der Waals surface area contributed by atoms with Gasteiger partial charge in [-0.1, -0.05) is 38.1 Å². The minimum Gasteiger partial charge on any atom is -0.326 e. The zero-order valence-corrected chi connectivity index (χ0v) is 9.25. The Labute approximate surface area is 86.5 Å². The number of benzene rings is 1. The monoisotopic (exact) mass is 192 g/mol. The molecule has 0 radical (unpaired) electrons. The topological polar surface area (TPSA) is 38.0 Å². The van der Waals surface area contributed by atoms with Crippen molar-refractivity contribution in [3.63, 3.8) is 0 Å². The van der Waals surface area contributed by atoms with Gasteiger partial charge in [0.15, 0.2) is 0 Å². The number of nitrogens with two attached hydrogens (primary N) is 1. The van der Waals surface area contributed by atoms with E-state index in [1.54, 1.807) is 0 Å². The first kappa shape index (κ1) is 11.2. The Balaban J connectivity index is 2.84. The molecule has 14 heavy (non-hydrogen) atoms. The van der Waals surface area contributed by atoms with E-state index >= 15 is 0 Å². The van der Waals surface area contributed by atoms with Gasteiger partial charge in [-0.05, 0) is 24.1 Å². The van der Waals surface area contributed by atoms with Crippen LogP contribution in [0.3, 0.4) is 0 Å². The van der Waals surface area contributed by atoms with Crippen molar-refractivity contribution in [1.82, 2.24) is 5.32 Å². The van der Waals surface area contributed by atoms with E-state index in [0.717, 1.165) is 0 Å². The smallest absolute Gasteiger partial charge is 0.0340 e. The first-order chi connectivity index (χ1) is 6.69. The van der Waals surface area contributed by atoms with Gasteiger partial charge in [0.25, 0.3) is 0 Å². The van der Waals surface area contributed by atoms with E-state index in [1.807, 2.05) is 7.05 Å². The molecule has 1 rings (SSSR count). The summed E-state index contributed by atoms with van der Waals surface area (Å²) in [6.45, 7) is 5.06. The maximum absolute atomic E-state index is 5.55. The van der Waals surface area contributed by atoms with Gasteiger partial charge in [-0.25, -0.2) is 0 Å². The molecule has 0 aromatic heterocycles. The number of hydrogen-bond donors (Lipinski definition) is 2.